The minimum absolute atomic E-state index is 0.0214. The maximum Gasteiger partial charge on any atom is 0.309 e. The number of carbonyl (C=O) groups is 2. The van der Waals surface area contributed by atoms with Gasteiger partial charge >= 0.3 is 11.8 Å². The van der Waals surface area contributed by atoms with Gasteiger partial charge in [-0.1, -0.05) is 18.2 Å². The van der Waals surface area contributed by atoms with Crippen molar-refractivity contribution in [1.82, 2.24) is 20.1 Å². The van der Waals surface area contributed by atoms with Crippen LogP contribution in [0, 0.1) is 0 Å². The van der Waals surface area contributed by atoms with Gasteiger partial charge in [0.15, 0.2) is 0 Å². The molecule has 1 unspecified atom stereocenters. The number of rotatable bonds is 5. The summed E-state index contributed by atoms with van der Waals surface area (Å²) in [5.41, 5.74) is 2.27. The molecule has 1 heterocycles. The molecular formula is C18H26N4O2. The highest BCUT2D eigenvalue weighted by Crippen LogP contribution is 2.28. The Morgan fingerprint density at radius 3 is 2.46 bits per heavy atom. The number of hydrogen-bond acceptors (Lipinski definition) is 3. The fourth-order valence-corrected chi connectivity index (χ4v) is 2.81. The van der Waals surface area contributed by atoms with Crippen LogP contribution in [0.15, 0.2) is 30.5 Å². The maximum atomic E-state index is 12.0. The van der Waals surface area contributed by atoms with Crippen LogP contribution in [0.3, 0.4) is 0 Å². The molecular weight excluding hydrogens is 304 g/mol. The van der Waals surface area contributed by atoms with E-state index in [2.05, 4.69) is 33.5 Å². The lowest BCUT2D eigenvalue weighted by Gasteiger charge is -2.24. The SMILES string of the molecule is CC(C)NC(=O)C(=O)NCC(c1cn(C)c2ccccc12)N(C)C. The average Bonchev–Trinajstić information content (AvgIpc) is 2.84. The van der Waals surface area contributed by atoms with Gasteiger partial charge in [-0.3, -0.25) is 9.59 Å². The molecule has 6 nitrogen and oxygen atoms in total. The monoisotopic (exact) mass is 330 g/mol. The Morgan fingerprint density at radius 1 is 1.17 bits per heavy atom. The molecule has 0 spiro atoms. The molecule has 130 valence electrons. The first-order chi connectivity index (χ1) is 11.3. The minimum Gasteiger partial charge on any atom is -0.350 e. The first-order valence-corrected chi connectivity index (χ1v) is 8.10. The first-order valence-electron chi connectivity index (χ1n) is 8.10. The first kappa shape index (κ1) is 18.0. The predicted molar refractivity (Wildman–Crippen MR) is 95.6 cm³/mol. The van der Waals surface area contributed by atoms with Crippen LogP contribution < -0.4 is 10.6 Å². The van der Waals surface area contributed by atoms with Crippen LogP contribution in [0.1, 0.15) is 25.5 Å². The Labute approximate surface area is 142 Å². The quantitative estimate of drug-likeness (QED) is 0.815. The van der Waals surface area contributed by atoms with Gasteiger partial charge in [-0.25, -0.2) is 0 Å². The second-order valence-corrected chi connectivity index (χ2v) is 6.53. The minimum atomic E-state index is -0.601. The largest absolute Gasteiger partial charge is 0.350 e. The summed E-state index contributed by atoms with van der Waals surface area (Å²) < 4.78 is 2.08. The van der Waals surface area contributed by atoms with Gasteiger partial charge in [0, 0.05) is 36.7 Å². The zero-order valence-corrected chi connectivity index (χ0v) is 15.0. The number of likely N-dealkylation sites (N-methyl/N-ethyl adjacent to an activating group) is 1. The van der Waals surface area contributed by atoms with Gasteiger partial charge in [-0.2, -0.15) is 0 Å². The molecule has 0 aliphatic heterocycles. The highest BCUT2D eigenvalue weighted by atomic mass is 16.2. The molecule has 2 aromatic rings. The number of aryl methyl sites for hydroxylation is 1. The van der Waals surface area contributed by atoms with Crippen LogP contribution in [-0.2, 0) is 16.6 Å². The molecule has 0 bridgehead atoms. The Bertz CT molecular complexity index is 734. The third-order valence-electron chi connectivity index (χ3n) is 3.99. The molecule has 2 amide bonds. The lowest BCUT2D eigenvalue weighted by Crippen LogP contribution is -2.45. The standard InChI is InChI=1S/C18H26N4O2/c1-12(2)20-18(24)17(23)19-10-16(21(3)4)14-11-22(5)15-9-7-6-8-13(14)15/h6-9,11-12,16H,10H2,1-5H3,(H,19,23)(H,20,24). The van der Waals surface area contributed by atoms with Gasteiger partial charge in [0.2, 0.25) is 0 Å². The molecule has 1 atom stereocenters. The molecule has 0 saturated carbocycles. The lowest BCUT2D eigenvalue weighted by molar-refractivity contribution is -0.139. The molecule has 0 radical (unpaired) electrons. The van der Waals surface area contributed by atoms with Crippen molar-refractivity contribution in [1.29, 1.82) is 0 Å². The van der Waals surface area contributed by atoms with E-state index in [0.717, 1.165) is 16.5 Å². The number of para-hydroxylation sites is 1. The van der Waals surface area contributed by atoms with E-state index in [9.17, 15) is 9.59 Å². The second kappa shape index (κ2) is 7.49. The molecule has 1 aromatic heterocycles. The normalized spacial score (nSPS) is 12.6. The summed E-state index contributed by atoms with van der Waals surface area (Å²) in [6.45, 7) is 4.01. The van der Waals surface area contributed by atoms with Crippen LogP contribution in [0.4, 0.5) is 0 Å². The Morgan fingerprint density at radius 2 is 1.83 bits per heavy atom. The number of hydrogen-bond donors (Lipinski definition) is 2. The van der Waals surface area contributed by atoms with E-state index in [4.69, 9.17) is 0 Å². The molecule has 0 aliphatic rings. The maximum absolute atomic E-state index is 12.0. The molecule has 0 aliphatic carbocycles. The van der Waals surface area contributed by atoms with Gasteiger partial charge in [0.25, 0.3) is 0 Å². The van der Waals surface area contributed by atoms with Crippen molar-refractivity contribution in [3.8, 4) is 0 Å². The fourth-order valence-electron chi connectivity index (χ4n) is 2.81. The molecule has 0 saturated heterocycles. The van der Waals surface area contributed by atoms with Gasteiger partial charge in [-0.05, 0) is 39.6 Å². The molecule has 24 heavy (non-hydrogen) atoms. The Kier molecular flexibility index (Phi) is 5.62. The van der Waals surface area contributed by atoms with Crippen LogP contribution in [-0.4, -0.2) is 48.0 Å². The number of aromatic nitrogens is 1. The smallest absolute Gasteiger partial charge is 0.309 e. The molecule has 1 aromatic carbocycles. The number of nitrogens with zero attached hydrogens (tertiary/aromatic N) is 2. The summed E-state index contributed by atoms with van der Waals surface area (Å²) in [5.74, 6) is -1.20. The summed E-state index contributed by atoms with van der Waals surface area (Å²) in [6.07, 6.45) is 2.08. The van der Waals surface area contributed by atoms with E-state index < -0.39 is 11.8 Å². The van der Waals surface area contributed by atoms with Crippen molar-refractivity contribution >= 4 is 22.7 Å². The van der Waals surface area contributed by atoms with E-state index in [1.807, 2.05) is 52.0 Å². The van der Waals surface area contributed by atoms with Crippen LogP contribution >= 0.6 is 0 Å². The molecule has 2 N–H and O–H groups in total. The van der Waals surface area contributed by atoms with E-state index in [0.29, 0.717) is 6.54 Å². The molecule has 2 rings (SSSR count). The Hall–Kier alpha value is -2.34. The number of carbonyl (C=O) groups excluding carboxylic acids is 2. The van der Waals surface area contributed by atoms with E-state index in [1.165, 1.54) is 0 Å². The van der Waals surface area contributed by atoms with E-state index >= 15 is 0 Å². The summed E-state index contributed by atoms with van der Waals surface area (Å²) in [4.78, 5) is 25.8. The van der Waals surface area contributed by atoms with Crippen LogP contribution in [0.5, 0.6) is 0 Å². The van der Waals surface area contributed by atoms with Crippen molar-refractivity contribution < 1.29 is 9.59 Å². The summed E-state index contributed by atoms with van der Waals surface area (Å²) in [5, 5.41) is 6.49. The van der Waals surface area contributed by atoms with Crippen molar-refractivity contribution in [3.63, 3.8) is 0 Å². The summed E-state index contributed by atoms with van der Waals surface area (Å²) in [7, 11) is 5.94. The van der Waals surface area contributed by atoms with E-state index in [1.54, 1.807) is 0 Å². The highest BCUT2D eigenvalue weighted by Gasteiger charge is 2.22. The van der Waals surface area contributed by atoms with Gasteiger partial charge < -0.3 is 20.1 Å². The highest BCUT2D eigenvalue weighted by molar-refractivity contribution is 6.35. The van der Waals surface area contributed by atoms with Crippen molar-refractivity contribution in [2.75, 3.05) is 20.6 Å². The third kappa shape index (κ3) is 3.94. The lowest BCUT2D eigenvalue weighted by atomic mass is 10.0. The number of nitrogens with one attached hydrogen (secondary N) is 2. The zero-order chi connectivity index (χ0) is 17.9. The molecule has 0 fully saturated rings. The summed E-state index contributed by atoms with van der Waals surface area (Å²) in [6, 6.07) is 8.08. The molecule has 6 heteroatoms. The van der Waals surface area contributed by atoms with Crippen molar-refractivity contribution in [2.45, 2.75) is 25.9 Å². The van der Waals surface area contributed by atoms with Crippen LogP contribution in [0.2, 0.25) is 0 Å². The number of amides is 2. The topological polar surface area (TPSA) is 66.4 Å². The van der Waals surface area contributed by atoms with E-state index in [-0.39, 0.29) is 12.1 Å². The van der Waals surface area contributed by atoms with Crippen LogP contribution in [0.25, 0.3) is 10.9 Å². The van der Waals surface area contributed by atoms with Gasteiger partial charge in [-0.15, -0.1) is 0 Å². The zero-order valence-electron chi connectivity index (χ0n) is 15.0. The Balaban J connectivity index is 2.18. The number of benzene rings is 1. The predicted octanol–water partition coefficient (Wildman–Crippen LogP) is 1.42. The van der Waals surface area contributed by atoms with Gasteiger partial charge in [0.1, 0.15) is 0 Å². The summed E-state index contributed by atoms with van der Waals surface area (Å²) >= 11 is 0. The fraction of sp³-hybridized carbons (Fsp3) is 0.444. The second-order valence-electron chi connectivity index (χ2n) is 6.53. The third-order valence-corrected chi connectivity index (χ3v) is 3.99. The van der Waals surface area contributed by atoms with Crippen molar-refractivity contribution in [2.24, 2.45) is 7.05 Å². The average molecular weight is 330 g/mol. The number of fused-ring (bicyclic) bond motifs is 1. The van der Waals surface area contributed by atoms with Crippen molar-refractivity contribution in [3.05, 3.63) is 36.0 Å². The van der Waals surface area contributed by atoms with Gasteiger partial charge in [0.05, 0.1) is 6.04 Å².